The fourth-order valence-corrected chi connectivity index (χ4v) is 3.80. The molecule has 5 heteroatoms. The largest absolute Gasteiger partial charge is 0.423 e. The van der Waals surface area contributed by atoms with E-state index in [9.17, 15) is 0 Å². The van der Waals surface area contributed by atoms with Crippen LogP contribution in [0.2, 0.25) is 0 Å². The highest BCUT2D eigenvalue weighted by atomic mass is 16.4. The van der Waals surface area contributed by atoms with Gasteiger partial charge in [-0.2, -0.15) is 4.98 Å². The molecule has 0 spiro atoms. The molecule has 1 atom stereocenters. The molecule has 1 N–H and O–H groups in total. The molecule has 0 bridgehead atoms. The molecular weight excluding hydrogens is 288 g/mol. The molecule has 3 heterocycles. The van der Waals surface area contributed by atoms with Crippen LogP contribution in [0.5, 0.6) is 0 Å². The number of fused-ring (bicyclic) bond motifs is 1. The van der Waals surface area contributed by atoms with Crippen molar-refractivity contribution in [1.29, 1.82) is 0 Å². The van der Waals surface area contributed by atoms with E-state index in [1.807, 2.05) is 6.07 Å². The first-order valence-corrected chi connectivity index (χ1v) is 8.67. The zero-order valence-electron chi connectivity index (χ0n) is 14.1. The van der Waals surface area contributed by atoms with Crippen molar-refractivity contribution in [2.45, 2.75) is 20.3 Å². The third-order valence-corrected chi connectivity index (χ3v) is 5.24. The second-order valence-electron chi connectivity index (χ2n) is 7.47. The Bertz CT molecular complexity index is 681. The summed E-state index contributed by atoms with van der Waals surface area (Å²) in [6, 6.07) is 6.96. The average Bonchev–Trinajstić information content (AvgIpc) is 3.14. The third-order valence-electron chi connectivity index (χ3n) is 5.24. The second-order valence-corrected chi connectivity index (χ2v) is 7.47. The van der Waals surface area contributed by atoms with Crippen molar-refractivity contribution in [2.75, 3.05) is 50.7 Å². The minimum Gasteiger partial charge on any atom is -0.423 e. The Morgan fingerprint density at radius 3 is 2.83 bits per heavy atom. The lowest BCUT2D eigenvalue weighted by molar-refractivity contribution is 0.168. The summed E-state index contributed by atoms with van der Waals surface area (Å²) >= 11 is 0. The maximum Gasteiger partial charge on any atom is 0.298 e. The molecule has 2 aromatic rings. The third kappa shape index (κ3) is 3.08. The number of nitrogens with zero attached hydrogens (tertiary/aromatic N) is 3. The minimum absolute atomic E-state index is 0.442. The maximum absolute atomic E-state index is 5.94. The van der Waals surface area contributed by atoms with Crippen LogP contribution in [0.3, 0.4) is 0 Å². The van der Waals surface area contributed by atoms with Gasteiger partial charge in [-0.05, 0) is 43.0 Å². The van der Waals surface area contributed by atoms with Crippen molar-refractivity contribution < 1.29 is 4.42 Å². The Morgan fingerprint density at radius 1 is 1.26 bits per heavy atom. The number of aryl methyl sites for hydroxylation is 1. The van der Waals surface area contributed by atoms with Crippen molar-refractivity contribution in [3.63, 3.8) is 0 Å². The molecule has 0 amide bonds. The summed E-state index contributed by atoms with van der Waals surface area (Å²) in [5.74, 6) is 0. The van der Waals surface area contributed by atoms with E-state index in [2.05, 4.69) is 46.1 Å². The van der Waals surface area contributed by atoms with E-state index in [1.54, 1.807) is 0 Å². The van der Waals surface area contributed by atoms with Gasteiger partial charge in [0.05, 0.1) is 0 Å². The summed E-state index contributed by atoms with van der Waals surface area (Å²) in [5.41, 5.74) is 3.52. The molecule has 4 rings (SSSR count). The van der Waals surface area contributed by atoms with Gasteiger partial charge >= 0.3 is 0 Å². The van der Waals surface area contributed by atoms with Gasteiger partial charge in [0.25, 0.3) is 6.01 Å². The standard InChI is InChI=1S/C18H26N4O/c1-14-3-4-16-15(11-14)20-17(23-16)22-9-7-21(8-10-22)13-18(2)5-6-19-12-18/h3-4,11,19H,5-10,12-13H2,1-2H3. The van der Waals surface area contributed by atoms with Crippen LogP contribution in [0, 0.1) is 12.3 Å². The average molecular weight is 314 g/mol. The van der Waals surface area contributed by atoms with Crippen LogP contribution in [0.4, 0.5) is 6.01 Å². The maximum atomic E-state index is 5.94. The molecule has 23 heavy (non-hydrogen) atoms. The number of hydrogen-bond donors (Lipinski definition) is 1. The molecule has 5 nitrogen and oxygen atoms in total. The van der Waals surface area contributed by atoms with Gasteiger partial charge in [0, 0.05) is 39.3 Å². The molecule has 1 aromatic carbocycles. The zero-order chi connectivity index (χ0) is 15.9. The van der Waals surface area contributed by atoms with Crippen molar-refractivity contribution in [3.8, 4) is 0 Å². The number of anilines is 1. The van der Waals surface area contributed by atoms with Crippen LogP contribution >= 0.6 is 0 Å². The number of nitrogens with one attached hydrogen (secondary N) is 1. The van der Waals surface area contributed by atoms with E-state index in [1.165, 1.54) is 25.1 Å². The lowest BCUT2D eigenvalue weighted by atomic mass is 9.89. The molecular formula is C18H26N4O. The summed E-state index contributed by atoms with van der Waals surface area (Å²) in [4.78, 5) is 9.54. The predicted octanol–water partition coefficient (Wildman–Crippen LogP) is 2.26. The molecule has 124 valence electrons. The van der Waals surface area contributed by atoms with E-state index in [0.29, 0.717) is 5.41 Å². The number of aromatic nitrogens is 1. The van der Waals surface area contributed by atoms with Gasteiger partial charge in [-0.25, -0.2) is 0 Å². The fourth-order valence-electron chi connectivity index (χ4n) is 3.80. The number of hydrogen-bond acceptors (Lipinski definition) is 5. The van der Waals surface area contributed by atoms with E-state index < -0.39 is 0 Å². The van der Waals surface area contributed by atoms with Crippen molar-refractivity contribution in [3.05, 3.63) is 23.8 Å². The van der Waals surface area contributed by atoms with Gasteiger partial charge in [-0.3, -0.25) is 4.90 Å². The smallest absolute Gasteiger partial charge is 0.298 e. The number of rotatable bonds is 3. The van der Waals surface area contributed by atoms with E-state index in [0.717, 1.165) is 49.8 Å². The molecule has 1 unspecified atom stereocenters. The SMILES string of the molecule is Cc1ccc2oc(N3CCN(CC4(C)CCNC4)CC3)nc2c1. The molecule has 0 saturated carbocycles. The van der Waals surface area contributed by atoms with Crippen LogP contribution in [0.15, 0.2) is 22.6 Å². The van der Waals surface area contributed by atoms with Crippen LogP contribution in [-0.4, -0.2) is 55.7 Å². The molecule has 2 aliphatic rings. The normalized spacial score (nSPS) is 26.3. The van der Waals surface area contributed by atoms with Gasteiger partial charge in [0.2, 0.25) is 0 Å². The van der Waals surface area contributed by atoms with Gasteiger partial charge in [-0.15, -0.1) is 0 Å². The Morgan fingerprint density at radius 2 is 2.09 bits per heavy atom. The monoisotopic (exact) mass is 314 g/mol. The summed E-state index contributed by atoms with van der Waals surface area (Å²) in [6.45, 7) is 12.2. The number of oxazole rings is 1. The van der Waals surface area contributed by atoms with Crippen molar-refractivity contribution >= 4 is 17.1 Å². The van der Waals surface area contributed by atoms with Gasteiger partial charge < -0.3 is 14.6 Å². The molecule has 2 saturated heterocycles. The van der Waals surface area contributed by atoms with Crippen molar-refractivity contribution in [1.82, 2.24) is 15.2 Å². The Labute approximate surface area is 137 Å². The summed E-state index contributed by atoms with van der Waals surface area (Å²) < 4.78 is 5.94. The van der Waals surface area contributed by atoms with Crippen LogP contribution in [0.25, 0.3) is 11.1 Å². The minimum atomic E-state index is 0.442. The quantitative estimate of drug-likeness (QED) is 0.941. The molecule has 0 aliphatic carbocycles. The molecule has 2 fully saturated rings. The summed E-state index contributed by atoms with van der Waals surface area (Å²) in [7, 11) is 0. The first kappa shape index (κ1) is 15.0. The topological polar surface area (TPSA) is 44.5 Å². The summed E-state index contributed by atoms with van der Waals surface area (Å²) in [5, 5.41) is 3.49. The summed E-state index contributed by atoms with van der Waals surface area (Å²) in [6.07, 6.45) is 1.29. The zero-order valence-corrected chi connectivity index (χ0v) is 14.1. The lowest BCUT2D eigenvalue weighted by Gasteiger charge is -2.38. The first-order valence-electron chi connectivity index (χ1n) is 8.67. The Kier molecular flexibility index (Phi) is 3.77. The highest BCUT2D eigenvalue weighted by molar-refractivity contribution is 5.75. The second kappa shape index (κ2) is 5.80. The fraction of sp³-hybridized carbons (Fsp3) is 0.611. The highest BCUT2D eigenvalue weighted by Crippen LogP contribution is 2.27. The highest BCUT2D eigenvalue weighted by Gasteiger charge is 2.32. The lowest BCUT2D eigenvalue weighted by Crippen LogP contribution is -2.50. The van der Waals surface area contributed by atoms with E-state index >= 15 is 0 Å². The van der Waals surface area contributed by atoms with Crippen LogP contribution in [0.1, 0.15) is 18.9 Å². The molecule has 1 aromatic heterocycles. The predicted molar refractivity (Wildman–Crippen MR) is 93.0 cm³/mol. The van der Waals surface area contributed by atoms with E-state index in [4.69, 9.17) is 4.42 Å². The Balaban J connectivity index is 1.40. The van der Waals surface area contributed by atoms with Crippen LogP contribution in [-0.2, 0) is 0 Å². The van der Waals surface area contributed by atoms with Crippen LogP contribution < -0.4 is 10.2 Å². The number of piperazine rings is 1. The van der Waals surface area contributed by atoms with Gasteiger partial charge in [-0.1, -0.05) is 13.0 Å². The first-order chi connectivity index (χ1) is 11.1. The molecule has 0 radical (unpaired) electrons. The molecule has 2 aliphatic heterocycles. The van der Waals surface area contributed by atoms with Crippen molar-refractivity contribution in [2.24, 2.45) is 5.41 Å². The Hall–Kier alpha value is -1.59. The number of benzene rings is 1. The van der Waals surface area contributed by atoms with E-state index in [-0.39, 0.29) is 0 Å². The van der Waals surface area contributed by atoms with Gasteiger partial charge in [0.1, 0.15) is 5.52 Å². The van der Waals surface area contributed by atoms with Gasteiger partial charge in [0.15, 0.2) is 5.58 Å².